The van der Waals surface area contributed by atoms with Crippen LogP contribution in [0, 0.1) is 6.92 Å². The molecule has 0 aliphatic carbocycles. The highest BCUT2D eigenvalue weighted by Crippen LogP contribution is 2.26. The summed E-state index contributed by atoms with van der Waals surface area (Å²) in [6.45, 7) is 3.62. The van der Waals surface area contributed by atoms with Crippen molar-refractivity contribution in [3.8, 4) is 17.2 Å². The summed E-state index contributed by atoms with van der Waals surface area (Å²) >= 11 is 3.41. The molecule has 0 unspecified atom stereocenters. The van der Waals surface area contributed by atoms with Crippen LogP contribution in [-0.2, 0) is 4.79 Å². The zero-order chi connectivity index (χ0) is 19.1. The molecule has 2 rings (SSSR count). The molecule has 2 aromatic carbocycles. The van der Waals surface area contributed by atoms with Gasteiger partial charge in [0.05, 0.1) is 24.4 Å². The first-order valence-corrected chi connectivity index (χ1v) is 8.68. The van der Waals surface area contributed by atoms with Crippen LogP contribution in [0.4, 0.5) is 0 Å². The molecule has 0 saturated carbocycles. The lowest BCUT2D eigenvalue weighted by atomic mass is 10.1. The molecule has 0 fully saturated rings. The van der Waals surface area contributed by atoms with Gasteiger partial charge in [-0.1, -0.05) is 6.07 Å². The second kappa shape index (κ2) is 9.24. The van der Waals surface area contributed by atoms with Gasteiger partial charge in [0, 0.05) is 11.6 Å². The minimum Gasteiger partial charge on any atom is -0.497 e. The van der Waals surface area contributed by atoms with Crippen LogP contribution in [0.2, 0.25) is 0 Å². The third-order valence-corrected chi connectivity index (χ3v) is 4.21. The summed E-state index contributed by atoms with van der Waals surface area (Å²) in [6.07, 6.45) is 0. The number of carbonyl (C=O) groups is 1. The summed E-state index contributed by atoms with van der Waals surface area (Å²) in [7, 11) is 3.15. The lowest BCUT2D eigenvalue weighted by molar-refractivity contribution is -0.123. The molecular formula is C19H21BrN2O4. The fourth-order valence-corrected chi connectivity index (χ4v) is 2.81. The van der Waals surface area contributed by atoms with E-state index in [9.17, 15) is 4.79 Å². The summed E-state index contributed by atoms with van der Waals surface area (Å²) in [5, 5.41) is 4.11. The topological polar surface area (TPSA) is 69.2 Å². The van der Waals surface area contributed by atoms with E-state index in [-0.39, 0.29) is 12.5 Å². The van der Waals surface area contributed by atoms with Gasteiger partial charge < -0.3 is 14.2 Å². The average Bonchev–Trinajstić information content (AvgIpc) is 2.64. The molecule has 1 N–H and O–H groups in total. The molecule has 2 aromatic rings. The molecule has 26 heavy (non-hydrogen) atoms. The van der Waals surface area contributed by atoms with Gasteiger partial charge in [0.1, 0.15) is 17.2 Å². The lowest BCUT2D eigenvalue weighted by Crippen LogP contribution is -2.25. The Labute approximate surface area is 161 Å². The van der Waals surface area contributed by atoms with E-state index in [4.69, 9.17) is 14.2 Å². The summed E-state index contributed by atoms with van der Waals surface area (Å²) in [4.78, 5) is 12.0. The first-order chi connectivity index (χ1) is 12.4. The number of hydrazone groups is 1. The Hall–Kier alpha value is -2.54. The maximum absolute atomic E-state index is 12.0. The normalized spacial score (nSPS) is 11.0. The predicted molar refractivity (Wildman–Crippen MR) is 104 cm³/mol. The van der Waals surface area contributed by atoms with Crippen molar-refractivity contribution in [3.63, 3.8) is 0 Å². The highest BCUT2D eigenvalue weighted by atomic mass is 79.9. The minimum absolute atomic E-state index is 0.141. The predicted octanol–water partition coefficient (Wildman–Crippen LogP) is 3.69. The number of nitrogens with one attached hydrogen (secondary N) is 1. The highest BCUT2D eigenvalue weighted by molar-refractivity contribution is 9.10. The molecule has 7 heteroatoms. The number of rotatable bonds is 7. The van der Waals surface area contributed by atoms with E-state index in [0.29, 0.717) is 23.0 Å². The van der Waals surface area contributed by atoms with Crippen LogP contribution in [0.5, 0.6) is 17.2 Å². The fraction of sp³-hybridized carbons (Fsp3) is 0.263. The first kappa shape index (κ1) is 19.8. The Kier molecular flexibility index (Phi) is 7.03. The van der Waals surface area contributed by atoms with Crippen LogP contribution in [0.1, 0.15) is 18.1 Å². The van der Waals surface area contributed by atoms with Crippen LogP contribution in [0.15, 0.2) is 46.0 Å². The smallest absolute Gasteiger partial charge is 0.277 e. The largest absolute Gasteiger partial charge is 0.497 e. The van der Waals surface area contributed by atoms with Gasteiger partial charge in [0.15, 0.2) is 6.61 Å². The SMILES string of the molecule is COc1ccc(C(C)=NNC(=O)COc2ccc(C)cc2Br)c(OC)c1. The third-order valence-electron chi connectivity index (χ3n) is 3.59. The van der Waals surface area contributed by atoms with Gasteiger partial charge in [-0.05, 0) is 59.6 Å². The van der Waals surface area contributed by atoms with Crippen molar-refractivity contribution in [3.05, 3.63) is 52.0 Å². The second-order valence-electron chi connectivity index (χ2n) is 5.52. The molecule has 0 heterocycles. The summed E-state index contributed by atoms with van der Waals surface area (Å²) in [5.74, 6) is 1.53. The molecule has 0 saturated heterocycles. The number of carbonyl (C=O) groups excluding carboxylic acids is 1. The van der Waals surface area contributed by atoms with Crippen LogP contribution in [0.3, 0.4) is 0 Å². The summed E-state index contributed by atoms with van der Waals surface area (Å²) < 4.78 is 16.8. The van der Waals surface area contributed by atoms with Crippen molar-refractivity contribution in [1.82, 2.24) is 5.43 Å². The molecule has 0 radical (unpaired) electrons. The zero-order valence-corrected chi connectivity index (χ0v) is 16.7. The van der Waals surface area contributed by atoms with Crippen molar-refractivity contribution in [2.24, 2.45) is 5.10 Å². The number of benzene rings is 2. The van der Waals surface area contributed by atoms with Gasteiger partial charge in [-0.3, -0.25) is 4.79 Å². The maximum Gasteiger partial charge on any atom is 0.277 e. The number of amides is 1. The third kappa shape index (κ3) is 5.23. The van der Waals surface area contributed by atoms with E-state index >= 15 is 0 Å². The molecule has 138 valence electrons. The number of aryl methyl sites for hydroxylation is 1. The lowest BCUT2D eigenvalue weighted by Gasteiger charge is -2.11. The molecule has 0 aromatic heterocycles. The van der Waals surface area contributed by atoms with Crippen LogP contribution >= 0.6 is 15.9 Å². The number of ether oxygens (including phenoxy) is 3. The van der Waals surface area contributed by atoms with E-state index in [0.717, 1.165) is 15.6 Å². The van der Waals surface area contributed by atoms with E-state index in [1.165, 1.54) is 0 Å². The average molecular weight is 421 g/mol. The van der Waals surface area contributed by atoms with Crippen molar-refractivity contribution >= 4 is 27.5 Å². The minimum atomic E-state index is -0.357. The van der Waals surface area contributed by atoms with E-state index in [1.54, 1.807) is 33.3 Å². The first-order valence-electron chi connectivity index (χ1n) is 7.89. The maximum atomic E-state index is 12.0. The number of halogens is 1. The fourth-order valence-electron chi connectivity index (χ4n) is 2.20. The number of nitrogens with zero attached hydrogens (tertiary/aromatic N) is 1. The zero-order valence-electron chi connectivity index (χ0n) is 15.1. The van der Waals surface area contributed by atoms with Gasteiger partial charge in [0.2, 0.25) is 0 Å². The monoisotopic (exact) mass is 420 g/mol. The van der Waals surface area contributed by atoms with E-state index in [2.05, 4.69) is 26.5 Å². The Morgan fingerprint density at radius 3 is 2.54 bits per heavy atom. The molecule has 6 nitrogen and oxygen atoms in total. The molecule has 1 amide bonds. The van der Waals surface area contributed by atoms with Gasteiger partial charge in [-0.25, -0.2) is 5.43 Å². The number of hydrogen-bond donors (Lipinski definition) is 1. The second-order valence-corrected chi connectivity index (χ2v) is 6.38. The van der Waals surface area contributed by atoms with Crippen LogP contribution < -0.4 is 19.6 Å². The molecule has 0 atom stereocenters. The molecular weight excluding hydrogens is 400 g/mol. The molecule has 0 spiro atoms. The summed E-state index contributed by atoms with van der Waals surface area (Å²) in [5.41, 5.74) is 4.95. The highest BCUT2D eigenvalue weighted by Gasteiger charge is 2.09. The molecule has 0 aliphatic rings. The molecule has 0 aliphatic heterocycles. The van der Waals surface area contributed by atoms with Crippen LogP contribution in [-0.4, -0.2) is 32.4 Å². The van der Waals surface area contributed by atoms with Crippen molar-refractivity contribution in [1.29, 1.82) is 0 Å². The Bertz CT molecular complexity index is 821. The van der Waals surface area contributed by atoms with Gasteiger partial charge in [-0.2, -0.15) is 5.10 Å². The van der Waals surface area contributed by atoms with Crippen molar-refractivity contribution in [2.45, 2.75) is 13.8 Å². The van der Waals surface area contributed by atoms with E-state index < -0.39 is 0 Å². The van der Waals surface area contributed by atoms with Gasteiger partial charge in [0.25, 0.3) is 5.91 Å². The van der Waals surface area contributed by atoms with Crippen LogP contribution in [0.25, 0.3) is 0 Å². The standard InChI is InChI=1S/C19H21BrN2O4/c1-12-5-8-17(16(20)9-12)26-11-19(23)22-21-13(2)15-7-6-14(24-3)10-18(15)25-4/h5-10H,11H2,1-4H3,(H,22,23). The van der Waals surface area contributed by atoms with Crippen molar-refractivity contribution < 1.29 is 19.0 Å². The van der Waals surface area contributed by atoms with Crippen molar-refractivity contribution in [2.75, 3.05) is 20.8 Å². The number of hydrogen-bond acceptors (Lipinski definition) is 5. The number of methoxy groups -OCH3 is 2. The Balaban J connectivity index is 1.98. The van der Waals surface area contributed by atoms with E-state index in [1.807, 2.05) is 31.2 Å². The quantitative estimate of drug-likeness (QED) is 0.547. The van der Waals surface area contributed by atoms with Gasteiger partial charge in [-0.15, -0.1) is 0 Å². The summed E-state index contributed by atoms with van der Waals surface area (Å²) in [6, 6.07) is 11.0. The molecule has 0 bridgehead atoms. The Morgan fingerprint density at radius 2 is 1.88 bits per heavy atom. The van der Waals surface area contributed by atoms with Gasteiger partial charge >= 0.3 is 0 Å². The Morgan fingerprint density at radius 1 is 1.12 bits per heavy atom.